The van der Waals surface area contributed by atoms with Crippen molar-refractivity contribution in [2.24, 2.45) is 0 Å². The molecule has 0 saturated heterocycles. The molecule has 31 heavy (non-hydrogen) atoms. The number of nitrogens with zero attached hydrogens (tertiary/aromatic N) is 4. The van der Waals surface area contributed by atoms with E-state index in [2.05, 4.69) is 20.6 Å². The minimum absolute atomic E-state index is 0.306. The fourth-order valence-corrected chi connectivity index (χ4v) is 4.40. The van der Waals surface area contributed by atoms with Gasteiger partial charge in [-0.05, 0) is 54.8 Å². The second kappa shape index (κ2) is 7.42. The van der Waals surface area contributed by atoms with Crippen LogP contribution in [0.1, 0.15) is 29.8 Å². The largest absolute Gasteiger partial charge is 0.401 e. The smallest absolute Gasteiger partial charge is 0.293 e. The van der Waals surface area contributed by atoms with Crippen molar-refractivity contribution in [2.75, 3.05) is 12.0 Å². The van der Waals surface area contributed by atoms with Crippen molar-refractivity contribution in [3.8, 4) is 0 Å². The summed E-state index contributed by atoms with van der Waals surface area (Å²) in [6, 6.07) is 10.3. The second-order valence-electron chi connectivity index (χ2n) is 7.88. The zero-order valence-corrected chi connectivity index (χ0v) is 16.8. The average Bonchev–Trinajstić information content (AvgIpc) is 3.40. The van der Waals surface area contributed by atoms with E-state index >= 15 is 0 Å². The number of benzene rings is 1. The van der Waals surface area contributed by atoms with Gasteiger partial charge in [0.25, 0.3) is 0 Å². The third kappa shape index (κ3) is 3.76. The summed E-state index contributed by atoms with van der Waals surface area (Å²) in [6.45, 7) is 0.843. The van der Waals surface area contributed by atoms with Crippen LogP contribution in [0.3, 0.4) is 0 Å². The Morgan fingerprint density at radius 1 is 1.13 bits per heavy atom. The first-order valence-electron chi connectivity index (χ1n) is 10.0. The van der Waals surface area contributed by atoms with Crippen molar-refractivity contribution in [3.63, 3.8) is 0 Å². The minimum Gasteiger partial charge on any atom is -0.293 e. The van der Waals surface area contributed by atoms with Crippen molar-refractivity contribution in [3.05, 3.63) is 78.0 Å². The number of anilines is 1. The Balaban J connectivity index is 1.57. The Morgan fingerprint density at radius 2 is 1.94 bits per heavy atom. The molecule has 4 aromatic rings. The Hall–Kier alpha value is -3.33. The van der Waals surface area contributed by atoms with Crippen molar-refractivity contribution >= 4 is 16.6 Å². The summed E-state index contributed by atoms with van der Waals surface area (Å²) in [4.78, 5) is 6.05. The molecule has 160 valence electrons. The molecule has 1 aromatic carbocycles. The standard InChI is InChI=1S/C22H21F3N6/c1-14-10-17-16(5-7-19-18(17)12-27-28-19)21(31(14)13-22(23,24)25)20-6-4-15(11-26-20)29-30-8-2-3-9-30/h2-9,11-12,14,21,29H,10,13H2,1H3,(H,27,28)/t14-,21+/m1/s1. The molecule has 0 spiro atoms. The number of alkyl halides is 3. The number of rotatable bonds is 4. The number of aromatic amines is 1. The van der Waals surface area contributed by atoms with E-state index in [1.165, 1.54) is 4.90 Å². The first kappa shape index (κ1) is 19.6. The lowest BCUT2D eigenvalue weighted by Crippen LogP contribution is -2.47. The lowest BCUT2D eigenvalue weighted by Gasteiger charge is -2.42. The van der Waals surface area contributed by atoms with Gasteiger partial charge in [-0.2, -0.15) is 18.3 Å². The van der Waals surface area contributed by atoms with Gasteiger partial charge in [-0.3, -0.25) is 25.1 Å². The number of nitrogens with one attached hydrogen (secondary N) is 2. The molecule has 0 aliphatic carbocycles. The lowest BCUT2D eigenvalue weighted by atomic mass is 9.85. The molecule has 9 heteroatoms. The fourth-order valence-electron chi connectivity index (χ4n) is 4.40. The maximum atomic E-state index is 13.5. The van der Waals surface area contributed by atoms with Gasteiger partial charge in [-0.25, -0.2) is 0 Å². The third-order valence-electron chi connectivity index (χ3n) is 5.75. The maximum Gasteiger partial charge on any atom is 0.401 e. The van der Waals surface area contributed by atoms with Crippen LogP contribution in [0.2, 0.25) is 0 Å². The summed E-state index contributed by atoms with van der Waals surface area (Å²) < 4.78 is 42.2. The SMILES string of the molecule is C[C@@H]1Cc2c(ccc3[nH]ncc23)[C@@H](c2ccc(Nn3cccc3)cn2)N1CC(F)(F)F. The van der Waals surface area contributed by atoms with Crippen LogP contribution in [0.15, 0.2) is 61.2 Å². The summed E-state index contributed by atoms with van der Waals surface area (Å²) in [5, 5.41) is 8.01. The van der Waals surface area contributed by atoms with Crippen molar-refractivity contribution in [2.45, 2.75) is 31.6 Å². The summed E-state index contributed by atoms with van der Waals surface area (Å²) in [6.07, 6.45) is 3.32. The summed E-state index contributed by atoms with van der Waals surface area (Å²) in [5.41, 5.74) is 7.24. The molecule has 0 radical (unpaired) electrons. The van der Waals surface area contributed by atoms with Gasteiger partial charge in [0.1, 0.15) is 0 Å². The van der Waals surface area contributed by atoms with Gasteiger partial charge in [0, 0.05) is 23.8 Å². The molecule has 1 aliphatic heterocycles. The molecule has 6 nitrogen and oxygen atoms in total. The van der Waals surface area contributed by atoms with E-state index in [1.54, 1.807) is 23.1 Å². The maximum absolute atomic E-state index is 13.5. The number of hydrogen-bond donors (Lipinski definition) is 2. The second-order valence-corrected chi connectivity index (χ2v) is 7.88. The van der Waals surface area contributed by atoms with Crippen LogP contribution in [0.4, 0.5) is 18.9 Å². The molecule has 3 aromatic heterocycles. The van der Waals surface area contributed by atoms with Crippen LogP contribution in [0.25, 0.3) is 10.9 Å². The highest BCUT2D eigenvalue weighted by Gasteiger charge is 2.41. The number of fused-ring (bicyclic) bond motifs is 3. The highest BCUT2D eigenvalue weighted by atomic mass is 19.4. The molecule has 0 unspecified atom stereocenters. The normalized spacial score (nSPS) is 19.5. The molecule has 2 N–H and O–H groups in total. The lowest BCUT2D eigenvalue weighted by molar-refractivity contribution is -0.155. The topological polar surface area (TPSA) is 61.8 Å². The van der Waals surface area contributed by atoms with Gasteiger partial charge in [0.2, 0.25) is 0 Å². The molecule has 4 heterocycles. The summed E-state index contributed by atoms with van der Waals surface area (Å²) in [7, 11) is 0. The number of pyridine rings is 1. The number of H-pyrrole nitrogens is 1. The van der Waals surface area contributed by atoms with Crippen molar-refractivity contribution in [1.29, 1.82) is 0 Å². The number of halogens is 3. The monoisotopic (exact) mass is 426 g/mol. The van der Waals surface area contributed by atoms with Gasteiger partial charge in [0.15, 0.2) is 0 Å². The Labute approximate surface area is 176 Å². The Bertz CT molecular complexity index is 1180. The Kier molecular flexibility index (Phi) is 4.70. The van der Waals surface area contributed by atoms with Crippen LogP contribution in [0.5, 0.6) is 0 Å². The predicted octanol–water partition coefficient (Wildman–Crippen LogP) is 4.53. The minimum atomic E-state index is -4.31. The molecule has 1 aliphatic rings. The summed E-state index contributed by atoms with van der Waals surface area (Å²) in [5.74, 6) is 0. The van der Waals surface area contributed by atoms with Crippen LogP contribution >= 0.6 is 0 Å². The highest BCUT2D eigenvalue weighted by Crippen LogP contribution is 2.41. The first-order chi connectivity index (χ1) is 14.9. The van der Waals surface area contributed by atoms with Gasteiger partial charge >= 0.3 is 6.18 Å². The van der Waals surface area contributed by atoms with Crippen molar-refractivity contribution in [1.82, 2.24) is 24.8 Å². The molecule has 0 saturated carbocycles. The number of aromatic nitrogens is 4. The molecule has 0 fully saturated rings. The molecular weight excluding hydrogens is 405 g/mol. The average molecular weight is 426 g/mol. The molecule has 0 bridgehead atoms. The first-order valence-corrected chi connectivity index (χ1v) is 10.0. The van der Waals surface area contributed by atoms with E-state index in [1.807, 2.05) is 49.6 Å². The van der Waals surface area contributed by atoms with E-state index < -0.39 is 18.8 Å². The predicted molar refractivity (Wildman–Crippen MR) is 112 cm³/mol. The van der Waals surface area contributed by atoms with E-state index in [-0.39, 0.29) is 6.04 Å². The van der Waals surface area contributed by atoms with Gasteiger partial charge in [-0.1, -0.05) is 6.07 Å². The van der Waals surface area contributed by atoms with Crippen LogP contribution < -0.4 is 5.43 Å². The zero-order valence-electron chi connectivity index (χ0n) is 16.8. The van der Waals surface area contributed by atoms with E-state index in [0.29, 0.717) is 12.1 Å². The molecule has 2 atom stereocenters. The third-order valence-corrected chi connectivity index (χ3v) is 5.75. The van der Waals surface area contributed by atoms with Gasteiger partial charge < -0.3 is 0 Å². The van der Waals surface area contributed by atoms with E-state index in [9.17, 15) is 13.2 Å². The fraction of sp³-hybridized carbons (Fsp3) is 0.273. The van der Waals surface area contributed by atoms with E-state index in [4.69, 9.17) is 0 Å². The van der Waals surface area contributed by atoms with Crippen LogP contribution in [-0.2, 0) is 6.42 Å². The highest BCUT2D eigenvalue weighted by molar-refractivity contribution is 5.83. The molecule has 5 rings (SSSR count). The van der Waals surface area contributed by atoms with Crippen LogP contribution in [0, 0.1) is 0 Å². The molecular formula is C22H21F3N6. The number of hydrogen-bond acceptors (Lipinski definition) is 4. The van der Waals surface area contributed by atoms with Crippen LogP contribution in [-0.4, -0.2) is 43.5 Å². The van der Waals surface area contributed by atoms with E-state index in [0.717, 1.165) is 27.7 Å². The van der Waals surface area contributed by atoms with Gasteiger partial charge in [-0.15, -0.1) is 0 Å². The zero-order chi connectivity index (χ0) is 21.6. The summed E-state index contributed by atoms with van der Waals surface area (Å²) >= 11 is 0. The Morgan fingerprint density at radius 3 is 2.65 bits per heavy atom. The molecule has 0 amide bonds. The quantitative estimate of drug-likeness (QED) is 0.503. The van der Waals surface area contributed by atoms with Crippen molar-refractivity contribution < 1.29 is 13.2 Å². The van der Waals surface area contributed by atoms with Gasteiger partial charge in [0.05, 0.1) is 41.9 Å².